The molecule has 0 aromatic heterocycles. The number of carbonyl (C=O) groups is 1. The summed E-state index contributed by atoms with van der Waals surface area (Å²) in [6.07, 6.45) is 0. The van der Waals surface area contributed by atoms with E-state index in [1.54, 1.807) is 6.92 Å². The minimum Gasteiger partial charge on any atom is -0.398 e. The van der Waals surface area contributed by atoms with Crippen LogP contribution in [0.3, 0.4) is 0 Å². The number of rotatable bonds is 1. The predicted molar refractivity (Wildman–Crippen MR) is 70.1 cm³/mol. The highest BCUT2D eigenvalue weighted by Gasteiger charge is 2.19. The zero-order valence-corrected chi connectivity index (χ0v) is 10.4. The molecule has 1 heterocycles. The maximum Gasteiger partial charge on any atom is 0.219 e. The summed E-state index contributed by atoms with van der Waals surface area (Å²) in [5.41, 5.74) is 9.06. The fraction of sp³-hybridized carbons (Fsp3) is 0.462. The molecule has 4 nitrogen and oxygen atoms in total. The van der Waals surface area contributed by atoms with E-state index in [-0.39, 0.29) is 5.91 Å². The molecule has 17 heavy (non-hydrogen) atoms. The molecule has 2 N–H and O–H groups in total. The summed E-state index contributed by atoms with van der Waals surface area (Å²) in [5, 5.41) is 0. The van der Waals surface area contributed by atoms with E-state index in [2.05, 4.69) is 11.0 Å². The van der Waals surface area contributed by atoms with Crippen LogP contribution in [-0.2, 0) is 4.79 Å². The highest BCUT2D eigenvalue weighted by molar-refractivity contribution is 5.73. The van der Waals surface area contributed by atoms with E-state index < -0.39 is 0 Å². The molecule has 0 saturated carbocycles. The van der Waals surface area contributed by atoms with Gasteiger partial charge in [0.2, 0.25) is 5.91 Å². The van der Waals surface area contributed by atoms with E-state index in [9.17, 15) is 4.79 Å². The smallest absolute Gasteiger partial charge is 0.219 e. The van der Waals surface area contributed by atoms with Gasteiger partial charge in [0.1, 0.15) is 0 Å². The Hall–Kier alpha value is -1.71. The minimum absolute atomic E-state index is 0.161. The monoisotopic (exact) mass is 233 g/mol. The fourth-order valence-electron chi connectivity index (χ4n) is 2.25. The third-order valence-corrected chi connectivity index (χ3v) is 3.41. The summed E-state index contributed by atoms with van der Waals surface area (Å²) < 4.78 is 0. The number of anilines is 2. The Kier molecular flexibility index (Phi) is 3.22. The molecule has 1 amide bonds. The Morgan fingerprint density at radius 1 is 1.24 bits per heavy atom. The van der Waals surface area contributed by atoms with Crippen LogP contribution in [-0.4, -0.2) is 37.0 Å². The van der Waals surface area contributed by atoms with E-state index in [1.165, 1.54) is 5.69 Å². The Balaban J connectivity index is 2.10. The molecule has 1 saturated heterocycles. The number of nitrogen functional groups attached to an aromatic ring is 1. The lowest BCUT2D eigenvalue weighted by atomic mass is 10.1. The number of hydrogen-bond acceptors (Lipinski definition) is 3. The number of piperazine rings is 1. The lowest BCUT2D eigenvalue weighted by molar-refractivity contribution is -0.129. The second-order valence-electron chi connectivity index (χ2n) is 4.48. The van der Waals surface area contributed by atoms with Gasteiger partial charge in [-0.05, 0) is 24.6 Å². The van der Waals surface area contributed by atoms with Crippen molar-refractivity contribution in [1.82, 2.24) is 4.90 Å². The van der Waals surface area contributed by atoms with E-state index in [0.29, 0.717) is 0 Å². The van der Waals surface area contributed by atoms with E-state index in [1.807, 2.05) is 24.0 Å². The molecule has 1 aromatic carbocycles. The SMILES string of the molecule is CC(=O)N1CCN(c2cccc(N)c2C)CC1. The molecule has 0 aliphatic carbocycles. The van der Waals surface area contributed by atoms with Gasteiger partial charge in [0, 0.05) is 44.5 Å². The molecule has 1 aliphatic rings. The molecule has 0 spiro atoms. The van der Waals surface area contributed by atoms with Gasteiger partial charge in [-0.15, -0.1) is 0 Å². The van der Waals surface area contributed by atoms with Gasteiger partial charge in [-0.2, -0.15) is 0 Å². The van der Waals surface area contributed by atoms with Crippen molar-refractivity contribution < 1.29 is 4.79 Å². The number of nitrogens with two attached hydrogens (primary N) is 1. The first-order valence-electron chi connectivity index (χ1n) is 5.95. The molecule has 1 aromatic rings. The van der Waals surface area contributed by atoms with Crippen LogP contribution in [0.5, 0.6) is 0 Å². The summed E-state index contributed by atoms with van der Waals surface area (Å²) in [6.45, 7) is 7.02. The van der Waals surface area contributed by atoms with Crippen LogP contribution in [0, 0.1) is 6.92 Å². The van der Waals surface area contributed by atoms with Crippen molar-refractivity contribution in [2.45, 2.75) is 13.8 Å². The van der Waals surface area contributed by atoms with E-state index >= 15 is 0 Å². The molecule has 2 rings (SSSR count). The maximum absolute atomic E-state index is 11.3. The quantitative estimate of drug-likeness (QED) is 0.743. The van der Waals surface area contributed by atoms with Crippen molar-refractivity contribution >= 4 is 17.3 Å². The van der Waals surface area contributed by atoms with Crippen LogP contribution in [0.25, 0.3) is 0 Å². The first-order chi connectivity index (χ1) is 8.09. The Morgan fingerprint density at radius 3 is 2.47 bits per heavy atom. The number of carbonyl (C=O) groups excluding carboxylic acids is 1. The highest BCUT2D eigenvalue weighted by atomic mass is 16.2. The number of hydrogen-bond donors (Lipinski definition) is 1. The van der Waals surface area contributed by atoms with Crippen molar-refractivity contribution in [3.05, 3.63) is 23.8 Å². The molecule has 4 heteroatoms. The van der Waals surface area contributed by atoms with Crippen LogP contribution in [0.15, 0.2) is 18.2 Å². The van der Waals surface area contributed by atoms with Crippen molar-refractivity contribution in [2.75, 3.05) is 36.8 Å². The van der Waals surface area contributed by atoms with Gasteiger partial charge < -0.3 is 15.5 Å². The minimum atomic E-state index is 0.161. The Bertz CT molecular complexity index is 423. The number of amides is 1. The first-order valence-corrected chi connectivity index (χ1v) is 5.95. The summed E-state index contributed by atoms with van der Waals surface area (Å²) in [5.74, 6) is 0.161. The standard InChI is InChI=1S/C13H19N3O/c1-10-12(14)4-3-5-13(10)16-8-6-15(7-9-16)11(2)17/h3-5H,6-9,14H2,1-2H3. The van der Waals surface area contributed by atoms with Gasteiger partial charge in [0.05, 0.1) is 0 Å². The Labute approximate surface area is 102 Å². The summed E-state index contributed by atoms with van der Waals surface area (Å²) >= 11 is 0. The third-order valence-electron chi connectivity index (χ3n) is 3.41. The van der Waals surface area contributed by atoms with E-state index in [0.717, 1.165) is 37.4 Å². The lowest BCUT2D eigenvalue weighted by Crippen LogP contribution is -2.48. The highest BCUT2D eigenvalue weighted by Crippen LogP contribution is 2.25. The van der Waals surface area contributed by atoms with Crippen LogP contribution in [0.1, 0.15) is 12.5 Å². The molecule has 0 bridgehead atoms. The number of benzene rings is 1. The van der Waals surface area contributed by atoms with E-state index in [4.69, 9.17) is 5.73 Å². The normalized spacial score (nSPS) is 16.1. The second kappa shape index (κ2) is 4.65. The van der Waals surface area contributed by atoms with Gasteiger partial charge >= 0.3 is 0 Å². The third kappa shape index (κ3) is 2.35. The zero-order valence-electron chi connectivity index (χ0n) is 10.4. The largest absolute Gasteiger partial charge is 0.398 e. The summed E-state index contributed by atoms with van der Waals surface area (Å²) in [6, 6.07) is 5.99. The molecule has 1 fully saturated rings. The van der Waals surface area contributed by atoms with Crippen molar-refractivity contribution in [3.63, 3.8) is 0 Å². The zero-order chi connectivity index (χ0) is 12.4. The summed E-state index contributed by atoms with van der Waals surface area (Å²) in [7, 11) is 0. The predicted octanol–water partition coefficient (Wildman–Crippen LogP) is 1.25. The first kappa shape index (κ1) is 11.8. The average Bonchev–Trinajstić information content (AvgIpc) is 2.33. The summed E-state index contributed by atoms with van der Waals surface area (Å²) in [4.78, 5) is 15.4. The van der Waals surface area contributed by atoms with Crippen LogP contribution >= 0.6 is 0 Å². The van der Waals surface area contributed by atoms with Gasteiger partial charge in [0.15, 0.2) is 0 Å². The van der Waals surface area contributed by atoms with Gasteiger partial charge in [-0.1, -0.05) is 6.07 Å². The maximum atomic E-state index is 11.3. The fourth-order valence-corrected chi connectivity index (χ4v) is 2.25. The molecular formula is C13H19N3O. The van der Waals surface area contributed by atoms with Crippen molar-refractivity contribution in [1.29, 1.82) is 0 Å². The van der Waals surface area contributed by atoms with Crippen LogP contribution < -0.4 is 10.6 Å². The Morgan fingerprint density at radius 2 is 1.88 bits per heavy atom. The van der Waals surface area contributed by atoms with Crippen molar-refractivity contribution in [2.24, 2.45) is 0 Å². The molecule has 92 valence electrons. The molecular weight excluding hydrogens is 214 g/mol. The van der Waals surface area contributed by atoms with Crippen LogP contribution in [0.4, 0.5) is 11.4 Å². The lowest BCUT2D eigenvalue weighted by Gasteiger charge is -2.36. The molecule has 0 unspecified atom stereocenters. The van der Waals surface area contributed by atoms with Gasteiger partial charge in [0.25, 0.3) is 0 Å². The van der Waals surface area contributed by atoms with Crippen LogP contribution in [0.2, 0.25) is 0 Å². The molecule has 0 atom stereocenters. The average molecular weight is 233 g/mol. The number of nitrogens with zero attached hydrogens (tertiary/aromatic N) is 2. The molecule has 0 radical (unpaired) electrons. The van der Waals surface area contributed by atoms with Crippen molar-refractivity contribution in [3.8, 4) is 0 Å². The molecule has 1 aliphatic heterocycles. The second-order valence-corrected chi connectivity index (χ2v) is 4.48. The topological polar surface area (TPSA) is 49.6 Å². The van der Waals surface area contributed by atoms with Gasteiger partial charge in [-0.3, -0.25) is 4.79 Å². The van der Waals surface area contributed by atoms with Gasteiger partial charge in [-0.25, -0.2) is 0 Å².